The van der Waals surface area contributed by atoms with E-state index in [4.69, 9.17) is 14.2 Å². The van der Waals surface area contributed by atoms with Gasteiger partial charge in [0.15, 0.2) is 11.5 Å². The van der Waals surface area contributed by atoms with E-state index in [9.17, 15) is 8.42 Å². The van der Waals surface area contributed by atoms with Gasteiger partial charge in [0.2, 0.25) is 10.0 Å². The second kappa shape index (κ2) is 9.34. The highest BCUT2D eigenvalue weighted by molar-refractivity contribution is 7.89. The molecule has 162 valence electrons. The third-order valence-electron chi connectivity index (χ3n) is 5.35. The molecule has 1 fully saturated rings. The van der Waals surface area contributed by atoms with Crippen LogP contribution in [0.5, 0.6) is 11.5 Å². The van der Waals surface area contributed by atoms with E-state index in [1.807, 2.05) is 31.2 Å². The van der Waals surface area contributed by atoms with Crippen molar-refractivity contribution in [2.45, 2.75) is 24.3 Å². The Balaban J connectivity index is 1.59. The summed E-state index contributed by atoms with van der Waals surface area (Å²) in [6.45, 7) is 6.56. The molecule has 1 saturated heterocycles. The van der Waals surface area contributed by atoms with Crippen molar-refractivity contribution in [2.75, 3.05) is 46.1 Å². The lowest BCUT2D eigenvalue weighted by Gasteiger charge is -2.31. The molecule has 0 aromatic heterocycles. The van der Waals surface area contributed by atoms with E-state index in [-0.39, 0.29) is 10.9 Å². The predicted octanol–water partition coefficient (Wildman–Crippen LogP) is 2.51. The quantitative estimate of drug-likeness (QED) is 0.756. The Bertz CT molecular complexity index is 956. The summed E-state index contributed by atoms with van der Waals surface area (Å²) in [6.07, 6.45) is 0.768. The number of rotatable bonds is 6. The first-order valence-corrected chi connectivity index (χ1v) is 11.8. The molecular formula is C22H28N2O5S. The highest BCUT2D eigenvalue weighted by atomic mass is 32.2. The summed E-state index contributed by atoms with van der Waals surface area (Å²) in [6, 6.07) is 12.4. The van der Waals surface area contributed by atoms with Crippen molar-refractivity contribution < 1.29 is 22.6 Å². The molecule has 2 aromatic rings. The number of benzene rings is 2. The van der Waals surface area contributed by atoms with Gasteiger partial charge < -0.3 is 14.2 Å². The van der Waals surface area contributed by atoms with Crippen LogP contribution in [0.4, 0.5) is 0 Å². The minimum atomic E-state index is -3.76. The van der Waals surface area contributed by atoms with Crippen LogP contribution in [-0.2, 0) is 14.8 Å². The van der Waals surface area contributed by atoms with Gasteiger partial charge in [-0.25, -0.2) is 13.1 Å². The van der Waals surface area contributed by atoms with Gasteiger partial charge in [-0.2, -0.15) is 0 Å². The summed E-state index contributed by atoms with van der Waals surface area (Å²) in [5, 5.41) is 0. The zero-order valence-electron chi connectivity index (χ0n) is 17.2. The normalized spacial score (nSPS) is 18.6. The Morgan fingerprint density at radius 2 is 1.67 bits per heavy atom. The highest BCUT2D eigenvalue weighted by Crippen LogP contribution is 2.32. The number of hydrogen-bond acceptors (Lipinski definition) is 6. The van der Waals surface area contributed by atoms with E-state index in [0.29, 0.717) is 44.5 Å². The fourth-order valence-corrected chi connectivity index (χ4v) is 4.85. The first-order chi connectivity index (χ1) is 14.5. The van der Waals surface area contributed by atoms with Crippen molar-refractivity contribution in [3.05, 3.63) is 53.6 Å². The molecule has 1 unspecified atom stereocenters. The van der Waals surface area contributed by atoms with Crippen LogP contribution < -0.4 is 14.2 Å². The van der Waals surface area contributed by atoms with Crippen molar-refractivity contribution in [2.24, 2.45) is 0 Å². The maximum Gasteiger partial charge on any atom is 0.241 e. The summed E-state index contributed by atoms with van der Waals surface area (Å²) >= 11 is 0. The molecule has 0 spiro atoms. The lowest BCUT2D eigenvalue weighted by Crippen LogP contribution is -2.43. The molecule has 30 heavy (non-hydrogen) atoms. The van der Waals surface area contributed by atoms with Crippen LogP contribution in [0.1, 0.15) is 23.6 Å². The van der Waals surface area contributed by atoms with Gasteiger partial charge in [-0.15, -0.1) is 0 Å². The first-order valence-electron chi connectivity index (χ1n) is 10.3. The SMILES string of the molecule is Cc1ccc(C(CN2CCOCC2)NS(=O)(=O)c2ccc3c(c2)OCCCO3)cc1. The zero-order valence-corrected chi connectivity index (χ0v) is 18.0. The van der Waals surface area contributed by atoms with Crippen molar-refractivity contribution in [1.82, 2.24) is 9.62 Å². The summed E-state index contributed by atoms with van der Waals surface area (Å²) in [5.41, 5.74) is 2.07. The predicted molar refractivity (Wildman–Crippen MR) is 114 cm³/mol. The molecule has 0 amide bonds. The van der Waals surface area contributed by atoms with Crippen LogP contribution in [0.25, 0.3) is 0 Å². The monoisotopic (exact) mass is 432 g/mol. The summed E-state index contributed by atoms with van der Waals surface area (Å²) in [7, 11) is -3.76. The number of aryl methyl sites for hydroxylation is 1. The number of morpholine rings is 1. The van der Waals surface area contributed by atoms with Crippen LogP contribution >= 0.6 is 0 Å². The number of hydrogen-bond donors (Lipinski definition) is 1. The van der Waals surface area contributed by atoms with E-state index < -0.39 is 10.0 Å². The zero-order chi connectivity index (χ0) is 21.0. The molecule has 8 heteroatoms. The Labute approximate surface area is 178 Å². The second-order valence-electron chi connectivity index (χ2n) is 7.66. The Hall–Kier alpha value is -2.13. The number of nitrogens with zero attached hydrogens (tertiary/aromatic N) is 1. The van der Waals surface area contributed by atoms with Gasteiger partial charge in [-0.1, -0.05) is 29.8 Å². The van der Waals surface area contributed by atoms with Crippen LogP contribution in [0, 0.1) is 6.92 Å². The molecular weight excluding hydrogens is 404 g/mol. The van der Waals surface area contributed by atoms with Crippen LogP contribution in [0.15, 0.2) is 47.4 Å². The van der Waals surface area contributed by atoms with Gasteiger partial charge in [0, 0.05) is 32.1 Å². The third-order valence-corrected chi connectivity index (χ3v) is 6.82. The average Bonchev–Trinajstić information content (AvgIpc) is 2.99. The summed E-state index contributed by atoms with van der Waals surface area (Å²) in [4.78, 5) is 2.40. The Kier molecular flexibility index (Phi) is 6.58. The maximum atomic E-state index is 13.2. The van der Waals surface area contributed by atoms with E-state index >= 15 is 0 Å². The fraction of sp³-hybridized carbons (Fsp3) is 0.455. The van der Waals surface area contributed by atoms with Crippen LogP contribution in [0.3, 0.4) is 0 Å². The molecule has 2 heterocycles. The van der Waals surface area contributed by atoms with Gasteiger partial charge in [-0.3, -0.25) is 4.90 Å². The van der Waals surface area contributed by atoms with Gasteiger partial charge in [0.25, 0.3) is 0 Å². The molecule has 0 saturated carbocycles. The fourth-order valence-electron chi connectivity index (χ4n) is 3.62. The molecule has 1 atom stereocenters. The molecule has 2 aromatic carbocycles. The third kappa shape index (κ3) is 5.13. The van der Waals surface area contributed by atoms with Crippen molar-refractivity contribution in [3.63, 3.8) is 0 Å². The van der Waals surface area contributed by atoms with E-state index in [0.717, 1.165) is 30.6 Å². The molecule has 4 rings (SSSR count). The molecule has 0 bridgehead atoms. The number of fused-ring (bicyclic) bond motifs is 1. The van der Waals surface area contributed by atoms with Crippen molar-refractivity contribution >= 4 is 10.0 Å². The topological polar surface area (TPSA) is 77.1 Å². The molecule has 2 aliphatic heterocycles. The lowest BCUT2D eigenvalue weighted by molar-refractivity contribution is 0.0345. The van der Waals surface area contributed by atoms with Gasteiger partial charge in [0.05, 0.1) is 37.4 Å². The van der Waals surface area contributed by atoms with Crippen LogP contribution in [-0.4, -0.2) is 59.4 Å². The standard InChI is InChI=1S/C22H28N2O5S/c1-17-3-5-18(6-4-17)20(16-24-9-13-27-14-10-24)23-30(25,26)19-7-8-21-22(15-19)29-12-2-11-28-21/h3-8,15,20,23H,2,9-14,16H2,1H3. The Morgan fingerprint density at radius 1 is 0.967 bits per heavy atom. The smallest absolute Gasteiger partial charge is 0.241 e. The van der Waals surface area contributed by atoms with E-state index in [2.05, 4.69) is 9.62 Å². The lowest BCUT2D eigenvalue weighted by atomic mass is 10.1. The molecule has 1 N–H and O–H groups in total. The van der Waals surface area contributed by atoms with E-state index in [1.54, 1.807) is 18.2 Å². The molecule has 0 aliphatic carbocycles. The molecule has 0 radical (unpaired) electrons. The second-order valence-corrected chi connectivity index (χ2v) is 9.37. The Morgan fingerprint density at radius 3 is 2.40 bits per heavy atom. The molecule has 7 nitrogen and oxygen atoms in total. The minimum Gasteiger partial charge on any atom is -0.490 e. The maximum absolute atomic E-state index is 13.2. The van der Waals surface area contributed by atoms with Gasteiger partial charge >= 0.3 is 0 Å². The number of sulfonamides is 1. The van der Waals surface area contributed by atoms with Crippen LogP contribution in [0.2, 0.25) is 0 Å². The molecule has 2 aliphatic rings. The summed E-state index contributed by atoms with van der Waals surface area (Å²) < 4.78 is 46.1. The summed E-state index contributed by atoms with van der Waals surface area (Å²) in [5.74, 6) is 1.05. The van der Waals surface area contributed by atoms with E-state index in [1.165, 1.54) is 0 Å². The highest BCUT2D eigenvalue weighted by Gasteiger charge is 2.26. The van der Waals surface area contributed by atoms with Gasteiger partial charge in [-0.05, 0) is 24.6 Å². The average molecular weight is 433 g/mol. The number of nitrogens with one attached hydrogen (secondary N) is 1. The van der Waals surface area contributed by atoms with Gasteiger partial charge in [0.1, 0.15) is 0 Å². The van der Waals surface area contributed by atoms with Crippen molar-refractivity contribution in [1.29, 1.82) is 0 Å². The first kappa shape index (κ1) is 21.1. The van der Waals surface area contributed by atoms with Crippen molar-refractivity contribution in [3.8, 4) is 11.5 Å². The largest absolute Gasteiger partial charge is 0.490 e. The minimum absolute atomic E-state index is 0.172. The number of ether oxygens (including phenoxy) is 3.